The van der Waals surface area contributed by atoms with Crippen molar-refractivity contribution < 1.29 is 14.3 Å². The number of carbonyl (C=O) groups excluding carboxylic acids is 1. The lowest BCUT2D eigenvalue weighted by molar-refractivity contribution is 0.0916. The quantitative estimate of drug-likeness (QED) is 0.447. The summed E-state index contributed by atoms with van der Waals surface area (Å²) in [5.41, 5.74) is 4.89. The van der Waals surface area contributed by atoms with Gasteiger partial charge in [-0.2, -0.15) is 5.10 Å². The van der Waals surface area contributed by atoms with Crippen LogP contribution in [-0.2, 0) is 6.42 Å². The summed E-state index contributed by atoms with van der Waals surface area (Å²) in [6.45, 7) is 2.20. The highest BCUT2D eigenvalue weighted by atomic mass is 19.1. The monoisotopic (exact) mass is 429 g/mol. The van der Waals surface area contributed by atoms with Crippen molar-refractivity contribution in [1.29, 1.82) is 0 Å². The molecule has 1 amide bonds. The van der Waals surface area contributed by atoms with E-state index >= 15 is 0 Å². The van der Waals surface area contributed by atoms with Crippen LogP contribution < -0.4 is 5.32 Å². The number of carbonyl (C=O) groups is 1. The van der Waals surface area contributed by atoms with Crippen molar-refractivity contribution in [1.82, 2.24) is 15.1 Å². The molecule has 6 heteroatoms. The molecule has 0 aliphatic carbocycles. The van der Waals surface area contributed by atoms with Crippen molar-refractivity contribution in [3.8, 4) is 16.9 Å². The molecule has 0 radical (unpaired) electrons. The first-order valence-corrected chi connectivity index (χ1v) is 10.5. The minimum atomic E-state index is -0.772. The Hall–Kier alpha value is -3.77. The fourth-order valence-electron chi connectivity index (χ4n) is 3.49. The van der Waals surface area contributed by atoms with Gasteiger partial charge in [-0.3, -0.25) is 4.79 Å². The van der Waals surface area contributed by atoms with E-state index in [-0.39, 0.29) is 18.3 Å². The highest BCUT2D eigenvalue weighted by Crippen LogP contribution is 2.23. The number of halogens is 1. The Kier molecular flexibility index (Phi) is 6.42. The number of aliphatic hydroxyl groups excluding tert-OH is 1. The van der Waals surface area contributed by atoms with E-state index in [0.717, 1.165) is 28.9 Å². The van der Waals surface area contributed by atoms with Crippen LogP contribution >= 0.6 is 0 Å². The Balaban J connectivity index is 1.42. The van der Waals surface area contributed by atoms with E-state index in [1.54, 1.807) is 47.3 Å². The molecule has 0 bridgehead atoms. The fourth-order valence-corrected chi connectivity index (χ4v) is 3.49. The minimum Gasteiger partial charge on any atom is -0.387 e. The third-order valence-electron chi connectivity index (χ3n) is 5.39. The molecule has 0 saturated carbocycles. The van der Waals surface area contributed by atoms with Gasteiger partial charge >= 0.3 is 0 Å². The lowest BCUT2D eigenvalue weighted by Crippen LogP contribution is -2.28. The lowest BCUT2D eigenvalue weighted by Gasteiger charge is -2.13. The zero-order valence-corrected chi connectivity index (χ0v) is 17.7. The highest BCUT2D eigenvalue weighted by molar-refractivity contribution is 5.94. The van der Waals surface area contributed by atoms with Crippen molar-refractivity contribution in [2.24, 2.45) is 0 Å². The molecule has 1 heterocycles. The molecule has 162 valence electrons. The van der Waals surface area contributed by atoms with E-state index in [2.05, 4.69) is 17.3 Å². The second-order valence-electron chi connectivity index (χ2n) is 7.50. The molecular formula is C26H24FN3O2. The third-order valence-corrected chi connectivity index (χ3v) is 5.39. The van der Waals surface area contributed by atoms with E-state index in [1.807, 2.05) is 30.3 Å². The van der Waals surface area contributed by atoms with Crippen molar-refractivity contribution >= 4 is 5.91 Å². The molecule has 1 atom stereocenters. The molecule has 1 unspecified atom stereocenters. The van der Waals surface area contributed by atoms with Crippen LogP contribution in [0.3, 0.4) is 0 Å². The smallest absolute Gasteiger partial charge is 0.251 e. The first-order chi connectivity index (χ1) is 15.5. The van der Waals surface area contributed by atoms with Crippen molar-refractivity contribution in [3.05, 3.63) is 108 Å². The maximum absolute atomic E-state index is 13.2. The summed E-state index contributed by atoms with van der Waals surface area (Å²) in [5.74, 6) is -0.557. The summed E-state index contributed by atoms with van der Waals surface area (Å²) in [7, 11) is 0. The molecule has 5 nitrogen and oxygen atoms in total. The number of aliphatic hydroxyl groups is 1. The molecule has 0 saturated heterocycles. The van der Waals surface area contributed by atoms with Crippen LogP contribution in [0.1, 0.15) is 34.5 Å². The van der Waals surface area contributed by atoms with Gasteiger partial charge in [0, 0.05) is 17.7 Å². The SMILES string of the molecule is CCc1ccc(C(O)CNC(=O)c2ccc(-n3nccc3-c3ccc(F)cc3)cc2)cc1. The van der Waals surface area contributed by atoms with Gasteiger partial charge in [0.15, 0.2) is 0 Å². The Labute approximate surface area is 186 Å². The Morgan fingerprint density at radius 2 is 1.69 bits per heavy atom. The second kappa shape index (κ2) is 9.58. The number of nitrogens with one attached hydrogen (secondary N) is 1. The van der Waals surface area contributed by atoms with Gasteiger partial charge in [-0.25, -0.2) is 9.07 Å². The van der Waals surface area contributed by atoms with Crippen molar-refractivity contribution in [3.63, 3.8) is 0 Å². The van der Waals surface area contributed by atoms with E-state index in [4.69, 9.17) is 0 Å². The van der Waals surface area contributed by atoms with Crippen LogP contribution in [0, 0.1) is 5.82 Å². The molecule has 32 heavy (non-hydrogen) atoms. The van der Waals surface area contributed by atoms with Gasteiger partial charge in [0.05, 0.1) is 23.7 Å². The zero-order valence-electron chi connectivity index (χ0n) is 17.7. The number of hydrogen-bond donors (Lipinski definition) is 2. The molecule has 0 aliphatic heterocycles. The molecule has 0 fully saturated rings. The van der Waals surface area contributed by atoms with Crippen LogP contribution in [0.25, 0.3) is 16.9 Å². The summed E-state index contributed by atoms with van der Waals surface area (Å²) in [5, 5.41) is 17.5. The number of benzene rings is 3. The van der Waals surface area contributed by atoms with Crippen molar-refractivity contribution in [2.45, 2.75) is 19.4 Å². The number of aromatic nitrogens is 2. The van der Waals surface area contributed by atoms with E-state index in [1.165, 1.54) is 17.7 Å². The maximum atomic E-state index is 13.2. The molecule has 4 rings (SSSR count). The predicted octanol–water partition coefficient (Wildman–Crippen LogP) is 4.70. The van der Waals surface area contributed by atoms with Gasteiger partial charge < -0.3 is 10.4 Å². The topological polar surface area (TPSA) is 67.2 Å². The number of hydrogen-bond acceptors (Lipinski definition) is 3. The van der Waals surface area contributed by atoms with Crippen molar-refractivity contribution in [2.75, 3.05) is 6.54 Å². The Bertz CT molecular complexity index is 1180. The van der Waals surface area contributed by atoms with Crippen LogP contribution in [0.4, 0.5) is 4.39 Å². The van der Waals surface area contributed by atoms with Gasteiger partial charge in [0.2, 0.25) is 0 Å². The minimum absolute atomic E-state index is 0.125. The largest absolute Gasteiger partial charge is 0.387 e. The van der Waals surface area contributed by atoms with E-state index < -0.39 is 6.10 Å². The standard InChI is InChI=1S/C26H24FN3O2/c1-2-18-3-5-20(6-4-18)25(31)17-28-26(32)21-9-13-23(14-10-21)30-24(15-16-29-30)19-7-11-22(27)12-8-19/h3-16,25,31H,2,17H2,1H3,(H,28,32). The normalized spacial score (nSPS) is 11.8. The zero-order chi connectivity index (χ0) is 22.5. The van der Waals surface area contributed by atoms with Gasteiger partial charge in [-0.05, 0) is 72.1 Å². The number of aryl methyl sites for hydroxylation is 1. The third kappa shape index (κ3) is 4.76. The average Bonchev–Trinajstić information content (AvgIpc) is 3.33. The summed E-state index contributed by atoms with van der Waals surface area (Å²) in [6.07, 6.45) is 1.84. The molecule has 2 N–H and O–H groups in total. The van der Waals surface area contributed by atoms with Crippen LogP contribution in [-0.4, -0.2) is 27.3 Å². The first kappa shape index (κ1) is 21.5. The van der Waals surface area contributed by atoms with Crippen LogP contribution in [0.5, 0.6) is 0 Å². The molecule has 0 spiro atoms. The van der Waals surface area contributed by atoms with Gasteiger partial charge in [0.1, 0.15) is 5.82 Å². The Morgan fingerprint density at radius 3 is 2.34 bits per heavy atom. The Morgan fingerprint density at radius 1 is 1.00 bits per heavy atom. The molecule has 1 aromatic heterocycles. The number of rotatable bonds is 7. The maximum Gasteiger partial charge on any atom is 0.251 e. The second-order valence-corrected chi connectivity index (χ2v) is 7.50. The fraction of sp³-hybridized carbons (Fsp3) is 0.154. The summed E-state index contributed by atoms with van der Waals surface area (Å²) < 4.78 is 15.0. The molecule has 4 aromatic rings. The summed E-state index contributed by atoms with van der Waals surface area (Å²) in [6, 6.07) is 22.8. The molecule has 0 aliphatic rings. The first-order valence-electron chi connectivity index (χ1n) is 10.5. The predicted molar refractivity (Wildman–Crippen MR) is 122 cm³/mol. The highest BCUT2D eigenvalue weighted by Gasteiger charge is 2.12. The molecule has 3 aromatic carbocycles. The van der Waals surface area contributed by atoms with Gasteiger partial charge in [0.25, 0.3) is 5.91 Å². The molecular weight excluding hydrogens is 405 g/mol. The van der Waals surface area contributed by atoms with E-state index in [9.17, 15) is 14.3 Å². The lowest BCUT2D eigenvalue weighted by atomic mass is 10.1. The number of amides is 1. The van der Waals surface area contributed by atoms with Crippen LogP contribution in [0.15, 0.2) is 85.1 Å². The average molecular weight is 429 g/mol. The van der Waals surface area contributed by atoms with Crippen LogP contribution in [0.2, 0.25) is 0 Å². The number of nitrogens with zero attached hydrogens (tertiary/aromatic N) is 2. The summed E-state index contributed by atoms with van der Waals surface area (Å²) >= 11 is 0. The van der Waals surface area contributed by atoms with E-state index in [0.29, 0.717) is 5.56 Å². The van der Waals surface area contributed by atoms with Gasteiger partial charge in [-0.15, -0.1) is 0 Å². The summed E-state index contributed by atoms with van der Waals surface area (Å²) in [4.78, 5) is 12.5. The van der Waals surface area contributed by atoms with Gasteiger partial charge in [-0.1, -0.05) is 31.2 Å².